The maximum Gasteiger partial charge on any atom is 0.214 e. The van der Waals surface area contributed by atoms with E-state index in [0.29, 0.717) is 5.69 Å². The second-order valence-corrected chi connectivity index (χ2v) is 3.40. The van der Waals surface area contributed by atoms with Gasteiger partial charge in [-0.25, -0.2) is 14.6 Å². The molecule has 84 valence electrons. The summed E-state index contributed by atoms with van der Waals surface area (Å²) in [6.45, 7) is 3.99. The van der Waals surface area contributed by atoms with Crippen LogP contribution >= 0.6 is 0 Å². The van der Waals surface area contributed by atoms with Crippen LogP contribution in [0.5, 0.6) is 0 Å². The van der Waals surface area contributed by atoms with Gasteiger partial charge < -0.3 is 0 Å². The summed E-state index contributed by atoms with van der Waals surface area (Å²) in [6, 6.07) is 3.07. The van der Waals surface area contributed by atoms with E-state index in [1.807, 2.05) is 13.8 Å². The first-order valence-corrected chi connectivity index (χ1v) is 5.31. The Balaban J connectivity index is 2.50. The van der Waals surface area contributed by atoms with E-state index in [4.69, 9.17) is 0 Å². The Morgan fingerprint density at radius 2 is 2.12 bits per heavy atom. The van der Waals surface area contributed by atoms with Crippen molar-refractivity contribution in [2.24, 2.45) is 0 Å². The standard InChI is InChI=1S/C11H13FN4/c1-3-10-14-11(4-2)16(15-10)8-5-6-13-9(12)7-8/h5-7H,3-4H2,1-2H3. The monoisotopic (exact) mass is 220 g/mol. The second-order valence-electron chi connectivity index (χ2n) is 3.40. The summed E-state index contributed by atoms with van der Waals surface area (Å²) in [5.41, 5.74) is 0.663. The Morgan fingerprint density at radius 1 is 1.31 bits per heavy atom. The zero-order chi connectivity index (χ0) is 11.5. The molecule has 0 bridgehead atoms. The molecule has 0 fully saturated rings. The van der Waals surface area contributed by atoms with E-state index in [-0.39, 0.29) is 0 Å². The Hall–Kier alpha value is -1.78. The lowest BCUT2D eigenvalue weighted by Gasteiger charge is -2.03. The number of pyridine rings is 1. The molecule has 0 saturated heterocycles. The van der Waals surface area contributed by atoms with Gasteiger partial charge in [-0.3, -0.25) is 0 Å². The highest BCUT2D eigenvalue weighted by Crippen LogP contribution is 2.11. The quantitative estimate of drug-likeness (QED) is 0.742. The van der Waals surface area contributed by atoms with Crippen LogP contribution in [0.4, 0.5) is 4.39 Å². The molecular weight excluding hydrogens is 207 g/mol. The molecule has 0 aromatic carbocycles. The molecule has 0 amide bonds. The van der Waals surface area contributed by atoms with Crippen LogP contribution in [-0.4, -0.2) is 19.7 Å². The molecule has 2 rings (SSSR count). The van der Waals surface area contributed by atoms with Crippen molar-refractivity contribution >= 4 is 0 Å². The lowest BCUT2D eigenvalue weighted by atomic mass is 10.4. The number of nitrogens with zero attached hydrogens (tertiary/aromatic N) is 4. The number of hydrogen-bond donors (Lipinski definition) is 0. The lowest BCUT2D eigenvalue weighted by molar-refractivity contribution is 0.581. The van der Waals surface area contributed by atoms with Crippen molar-refractivity contribution in [3.8, 4) is 5.69 Å². The largest absolute Gasteiger partial charge is 0.228 e. The summed E-state index contributed by atoms with van der Waals surface area (Å²) in [6.07, 6.45) is 2.96. The molecule has 2 aromatic rings. The van der Waals surface area contributed by atoms with Crippen LogP contribution in [0.3, 0.4) is 0 Å². The molecule has 2 heterocycles. The maximum absolute atomic E-state index is 13.0. The SMILES string of the molecule is CCc1nc(CC)n(-c2ccnc(F)c2)n1. The molecule has 4 nitrogen and oxygen atoms in total. The minimum Gasteiger partial charge on any atom is -0.228 e. The van der Waals surface area contributed by atoms with Gasteiger partial charge in [0.1, 0.15) is 5.82 Å². The number of aryl methyl sites for hydroxylation is 2. The van der Waals surface area contributed by atoms with Crippen LogP contribution in [0, 0.1) is 5.95 Å². The summed E-state index contributed by atoms with van der Waals surface area (Å²) in [5.74, 6) is 1.10. The number of rotatable bonds is 3. The minimum absolute atomic E-state index is 0.506. The summed E-state index contributed by atoms with van der Waals surface area (Å²) < 4.78 is 14.7. The van der Waals surface area contributed by atoms with E-state index in [9.17, 15) is 4.39 Å². The molecule has 0 spiro atoms. The molecule has 0 aliphatic rings. The Labute approximate surface area is 93.2 Å². The fourth-order valence-corrected chi connectivity index (χ4v) is 1.50. The van der Waals surface area contributed by atoms with Gasteiger partial charge >= 0.3 is 0 Å². The van der Waals surface area contributed by atoms with Gasteiger partial charge in [0.25, 0.3) is 0 Å². The van der Waals surface area contributed by atoms with Gasteiger partial charge in [-0.2, -0.15) is 9.49 Å². The van der Waals surface area contributed by atoms with Crippen molar-refractivity contribution in [2.45, 2.75) is 26.7 Å². The molecule has 0 atom stereocenters. The Bertz CT molecular complexity index is 492. The summed E-state index contributed by atoms with van der Waals surface area (Å²) in [4.78, 5) is 7.88. The van der Waals surface area contributed by atoms with E-state index in [0.717, 1.165) is 24.5 Å². The summed E-state index contributed by atoms with van der Waals surface area (Å²) in [7, 11) is 0. The predicted molar refractivity (Wildman–Crippen MR) is 57.9 cm³/mol. The minimum atomic E-state index is -0.506. The summed E-state index contributed by atoms with van der Waals surface area (Å²) >= 11 is 0. The first-order chi connectivity index (χ1) is 7.74. The number of halogens is 1. The van der Waals surface area contributed by atoms with Crippen LogP contribution in [-0.2, 0) is 12.8 Å². The fraction of sp³-hybridized carbons (Fsp3) is 0.364. The first kappa shape index (κ1) is 10.7. The predicted octanol–water partition coefficient (Wildman–Crippen LogP) is 1.93. The van der Waals surface area contributed by atoms with E-state index >= 15 is 0 Å². The molecule has 0 N–H and O–H groups in total. The molecule has 2 aromatic heterocycles. The van der Waals surface area contributed by atoms with Crippen LogP contribution in [0.15, 0.2) is 18.3 Å². The maximum atomic E-state index is 13.0. The molecule has 0 aliphatic heterocycles. The third-order valence-electron chi connectivity index (χ3n) is 2.31. The number of hydrogen-bond acceptors (Lipinski definition) is 3. The highest BCUT2D eigenvalue weighted by atomic mass is 19.1. The van der Waals surface area contributed by atoms with Gasteiger partial charge in [0.05, 0.1) is 5.69 Å². The van der Waals surface area contributed by atoms with Gasteiger partial charge in [0, 0.05) is 25.1 Å². The normalized spacial score (nSPS) is 10.7. The van der Waals surface area contributed by atoms with E-state index in [1.165, 1.54) is 12.3 Å². The third-order valence-corrected chi connectivity index (χ3v) is 2.31. The molecule has 16 heavy (non-hydrogen) atoms. The topological polar surface area (TPSA) is 43.6 Å². The van der Waals surface area contributed by atoms with Crippen molar-refractivity contribution in [2.75, 3.05) is 0 Å². The van der Waals surface area contributed by atoms with Gasteiger partial charge in [-0.1, -0.05) is 13.8 Å². The van der Waals surface area contributed by atoms with Gasteiger partial charge in [-0.05, 0) is 6.07 Å². The van der Waals surface area contributed by atoms with Crippen LogP contribution in [0.2, 0.25) is 0 Å². The van der Waals surface area contributed by atoms with E-state index in [2.05, 4.69) is 15.1 Å². The Kier molecular flexibility index (Phi) is 2.94. The van der Waals surface area contributed by atoms with Crippen LogP contribution in [0.1, 0.15) is 25.5 Å². The molecule has 0 unspecified atom stereocenters. The number of aromatic nitrogens is 4. The van der Waals surface area contributed by atoms with Gasteiger partial charge in [-0.15, -0.1) is 0 Å². The first-order valence-electron chi connectivity index (χ1n) is 5.31. The zero-order valence-corrected chi connectivity index (χ0v) is 9.31. The van der Waals surface area contributed by atoms with E-state index in [1.54, 1.807) is 10.7 Å². The smallest absolute Gasteiger partial charge is 0.214 e. The van der Waals surface area contributed by atoms with Crippen molar-refractivity contribution in [3.05, 3.63) is 35.9 Å². The average molecular weight is 220 g/mol. The second kappa shape index (κ2) is 4.38. The average Bonchev–Trinajstić information content (AvgIpc) is 2.72. The molecule has 5 heteroatoms. The highest BCUT2D eigenvalue weighted by Gasteiger charge is 2.09. The molecule has 0 saturated carbocycles. The molecule has 0 aliphatic carbocycles. The van der Waals surface area contributed by atoms with Crippen molar-refractivity contribution in [3.63, 3.8) is 0 Å². The Morgan fingerprint density at radius 3 is 2.75 bits per heavy atom. The zero-order valence-electron chi connectivity index (χ0n) is 9.31. The van der Waals surface area contributed by atoms with Crippen molar-refractivity contribution in [1.29, 1.82) is 0 Å². The van der Waals surface area contributed by atoms with Gasteiger partial charge in [0.2, 0.25) is 5.95 Å². The fourth-order valence-electron chi connectivity index (χ4n) is 1.50. The van der Waals surface area contributed by atoms with Crippen molar-refractivity contribution < 1.29 is 4.39 Å². The van der Waals surface area contributed by atoms with E-state index < -0.39 is 5.95 Å². The summed E-state index contributed by atoms with van der Waals surface area (Å²) in [5, 5.41) is 4.32. The molecular formula is C11H13FN4. The van der Waals surface area contributed by atoms with Gasteiger partial charge in [0.15, 0.2) is 5.82 Å². The highest BCUT2D eigenvalue weighted by molar-refractivity contribution is 5.29. The van der Waals surface area contributed by atoms with Crippen molar-refractivity contribution in [1.82, 2.24) is 19.7 Å². The van der Waals surface area contributed by atoms with Crippen LogP contribution in [0.25, 0.3) is 5.69 Å². The molecule has 0 radical (unpaired) electrons. The third kappa shape index (κ3) is 1.93. The lowest BCUT2D eigenvalue weighted by Crippen LogP contribution is -2.03. The van der Waals surface area contributed by atoms with Crippen LogP contribution < -0.4 is 0 Å².